The number of hydrogen-bond acceptors (Lipinski definition) is 5. The monoisotopic (exact) mass is 273 g/mol. The summed E-state index contributed by atoms with van der Waals surface area (Å²) in [5.41, 5.74) is 0.635. The van der Waals surface area contributed by atoms with Crippen molar-refractivity contribution in [3.63, 3.8) is 0 Å². The van der Waals surface area contributed by atoms with Crippen molar-refractivity contribution < 1.29 is 4.74 Å². The molecule has 2 aromatic rings. The van der Waals surface area contributed by atoms with Crippen LogP contribution in [0.2, 0.25) is 0 Å². The molecular formula is C14H15N3OS. The van der Waals surface area contributed by atoms with Gasteiger partial charge in [-0.3, -0.25) is 0 Å². The number of rotatable bonds is 6. The molecule has 0 atom stereocenters. The van der Waals surface area contributed by atoms with Crippen molar-refractivity contribution >= 4 is 16.5 Å². The molecule has 0 saturated heterocycles. The average molecular weight is 273 g/mol. The summed E-state index contributed by atoms with van der Waals surface area (Å²) in [6.07, 6.45) is 2.91. The lowest BCUT2D eigenvalue weighted by Gasteiger charge is -2.03. The van der Waals surface area contributed by atoms with Gasteiger partial charge < -0.3 is 10.1 Å². The molecular weight excluding hydrogens is 258 g/mol. The zero-order valence-electron chi connectivity index (χ0n) is 10.7. The van der Waals surface area contributed by atoms with E-state index in [4.69, 9.17) is 10.00 Å². The molecule has 4 nitrogen and oxygen atoms in total. The van der Waals surface area contributed by atoms with Crippen LogP contribution >= 0.6 is 11.3 Å². The SMILES string of the molecule is CCCNc1ncc(COc2ccc(C#N)cc2)s1. The van der Waals surface area contributed by atoms with E-state index in [-0.39, 0.29) is 0 Å². The third-order valence-electron chi connectivity index (χ3n) is 2.44. The fraction of sp³-hybridized carbons (Fsp3) is 0.286. The van der Waals surface area contributed by atoms with Crippen LogP contribution in [-0.4, -0.2) is 11.5 Å². The van der Waals surface area contributed by atoms with Gasteiger partial charge in [0, 0.05) is 12.7 Å². The Labute approximate surface area is 116 Å². The smallest absolute Gasteiger partial charge is 0.182 e. The summed E-state index contributed by atoms with van der Waals surface area (Å²) in [7, 11) is 0. The van der Waals surface area contributed by atoms with Gasteiger partial charge in [-0.25, -0.2) is 4.98 Å². The van der Waals surface area contributed by atoms with Crippen molar-refractivity contribution in [2.45, 2.75) is 20.0 Å². The van der Waals surface area contributed by atoms with Gasteiger partial charge in [0.25, 0.3) is 0 Å². The number of aromatic nitrogens is 1. The Morgan fingerprint density at radius 2 is 2.16 bits per heavy atom. The van der Waals surface area contributed by atoms with Gasteiger partial charge in [-0.05, 0) is 30.7 Å². The van der Waals surface area contributed by atoms with Crippen LogP contribution in [0.1, 0.15) is 23.8 Å². The van der Waals surface area contributed by atoms with E-state index >= 15 is 0 Å². The number of nitrogens with one attached hydrogen (secondary N) is 1. The van der Waals surface area contributed by atoms with Crippen molar-refractivity contribution in [2.24, 2.45) is 0 Å². The maximum absolute atomic E-state index is 8.71. The molecule has 0 unspecified atom stereocenters. The normalized spacial score (nSPS) is 9.89. The van der Waals surface area contributed by atoms with E-state index in [1.807, 2.05) is 6.20 Å². The zero-order valence-corrected chi connectivity index (χ0v) is 11.5. The Bertz CT molecular complexity index is 557. The minimum atomic E-state index is 0.497. The highest BCUT2D eigenvalue weighted by atomic mass is 32.1. The van der Waals surface area contributed by atoms with Crippen molar-refractivity contribution in [2.75, 3.05) is 11.9 Å². The van der Waals surface area contributed by atoms with Crippen molar-refractivity contribution in [3.05, 3.63) is 40.9 Å². The second kappa shape index (κ2) is 6.76. The van der Waals surface area contributed by atoms with Crippen LogP contribution in [0, 0.1) is 11.3 Å². The van der Waals surface area contributed by atoms with Crippen molar-refractivity contribution in [3.8, 4) is 11.8 Å². The molecule has 0 radical (unpaired) electrons. The number of nitrogens with zero attached hydrogens (tertiary/aromatic N) is 2. The molecule has 98 valence electrons. The molecule has 0 fully saturated rings. The molecule has 5 heteroatoms. The standard InChI is InChI=1S/C14H15N3OS/c1-2-7-16-14-17-9-13(19-14)10-18-12-5-3-11(8-15)4-6-12/h3-6,9H,2,7,10H2,1H3,(H,16,17). The number of ether oxygens (including phenoxy) is 1. The lowest BCUT2D eigenvalue weighted by atomic mass is 10.2. The summed E-state index contributed by atoms with van der Waals surface area (Å²) in [4.78, 5) is 5.35. The summed E-state index contributed by atoms with van der Waals surface area (Å²) in [6, 6.07) is 9.17. The van der Waals surface area contributed by atoms with E-state index < -0.39 is 0 Å². The van der Waals surface area contributed by atoms with Crippen LogP contribution in [-0.2, 0) is 6.61 Å². The third-order valence-corrected chi connectivity index (χ3v) is 3.37. The van der Waals surface area contributed by atoms with E-state index in [9.17, 15) is 0 Å². The first-order valence-electron chi connectivity index (χ1n) is 6.13. The highest BCUT2D eigenvalue weighted by molar-refractivity contribution is 7.15. The Kier molecular flexibility index (Phi) is 4.76. The first-order valence-corrected chi connectivity index (χ1v) is 6.95. The van der Waals surface area contributed by atoms with E-state index in [2.05, 4.69) is 23.3 Å². The van der Waals surface area contributed by atoms with Crippen LogP contribution in [0.15, 0.2) is 30.5 Å². The van der Waals surface area contributed by atoms with Gasteiger partial charge in [-0.1, -0.05) is 18.3 Å². The quantitative estimate of drug-likeness (QED) is 0.876. The fourth-order valence-corrected chi connectivity index (χ4v) is 2.22. The maximum atomic E-state index is 8.71. The van der Waals surface area contributed by atoms with Crippen LogP contribution < -0.4 is 10.1 Å². The zero-order chi connectivity index (χ0) is 13.5. The van der Waals surface area contributed by atoms with Crippen LogP contribution in [0.5, 0.6) is 5.75 Å². The topological polar surface area (TPSA) is 57.9 Å². The first kappa shape index (κ1) is 13.4. The molecule has 0 bridgehead atoms. The predicted molar refractivity (Wildman–Crippen MR) is 76.4 cm³/mol. The van der Waals surface area contributed by atoms with Crippen molar-refractivity contribution in [1.82, 2.24) is 4.98 Å². The second-order valence-electron chi connectivity index (χ2n) is 3.98. The number of nitriles is 1. The van der Waals surface area contributed by atoms with Crippen molar-refractivity contribution in [1.29, 1.82) is 5.26 Å². The summed E-state index contributed by atoms with van der Waals surface area (Å²) in [5.74, 6) is 0.760. The van der Waals surface area contributed by atoms with Crippen LogP contribution in [0.25, 0.3) is 0 Å². The first-order chi connectivity index (χ1) is 9.31. The molecule has 0 aliphatic carbocycles. The molecule has 1 heterocycles. The lowest BCUT2D eigenvalue weighted by Crippen LogP contribution is -1.97. The van der Waals surface area contributed by atoms with Gasteiger partial charge >= 0.3 is 0 Å². The minimum Gasteiger partial charge on any atom is -0.488 e. The van der Waals surface area contributed by atoms with Gasteiger partial charge in [-0.15, -0.1) is 0 Å². The fourth-order valence-electron chi connectivity index (χ4n) is 1.47. The van der Waals surface area contributed by atoms with Gasteiger partial charge in [-0.2, -0.15) is 5.26 Å². The Hall–Kier alpha value is -2.06. The van der Waals surface area contributed by atoms with Gasteiger partial charge in [0.1, 0.15) is 12.4 Å². The number of anilines is 1. The maximum Gasteiger partial charge on any atom is 0.182 e. The summed E-state index contributed by atoms with van der Waals surface area (Å²) in [6.45, 7) is 3.55. The average Bonchev–Trinajstić information content (AvgIpc) is 2.91. The third kappa shape index (κ3) is 3.97. The molecule has 1 N–H and O–H groups in total. The lowest BCUT2D eigenvalue weighted by molar-refractivity contribution is 0.309. The molecule has 1 aromatic heterocycles. The molecule has 0 amide bonds. The Morgan fingerprint density at radius 1 is 1.37 bits per heavy atom. The largest absolute Gasteiger partial charge is 0.488 e. The second-order valence-corrected chi connectivity index (χ2v) is 5.10. The van der Waals surface area contributed by atoms with E-state index in [1.54, 1.807) is 35.6 Å². The number of benzene rings is 1. The van der Waals surface area contributed by atoms with Gasteiger partial charge in [0.2, 0.25) is 0 Å². The van der Waals surface area contributed by atoms with Gasteiger partial charge in [0.05, 0.1) is 16.5 Å². The summed E-state index contributed by atoms with van der Waals surface area (Å²) >= 11 is 1.60. The highest BCUT2D eigenvalue weighted by Crippen LogP contribution is 2.20. The molecule has 19 heavy (non-hydrogen) atoms. The molecule has 0 spiro atoms. The van der Waals surface area contributed by atoms with E-state index in [1.165, 1.54) is 0 Å². The minimum absolute atomic E-state index is 0.497. The van der Waals surface area contributed by atoms with Gasteiger partial charge in [0.15, 0.2) is 5.13 Å². The number of hydrogen-bond donors (Lipinski definition) is 1. The highest BCUT2D eigenvalue weighted by Gasteiger charge is 2.02. The molecule has 0 saturated carbocycles. The Morgan fingerprint density at radius 3 is 2.84 bits per heavy atom. The summed E-state index contributed by atoms with van der Waals surface area (Å²) < 4.78 is 5.64. The van der Waals surface area contributed by atoms with E-state index in [0.29, 0.717) is 12.2 Å². The van der Waals surface area contributed by atoms with Crippen LogP contribution in [0.3, 0.4) is 0 Å². The molecule has 1 aromatic carbocycles. The predicted octanol–water partition coefficient (Wildman–Crippen LogP) is 3.42. The molecule has 2 rings (SSSR count). The molecule has 0 aliphatic heterocycles. The Balaban J connectivity index is 1.87. The van der Waals surface area contributed by atoms with Crippen LogP contribution in [0.4, 0.5) is 5.13 Å². The number of thiazole rings is 1. The summed E-state index contributed by atoms with van der Waals surface area (Å²) in [5, 5.41) is 12.9. The molecule has 0 aliphatic rings. The van der Waals surface area contributed by atoms with E-state index in [0.717, 1.165) is 28.7 Å².